The van der Waals surface area contributed by atoms with Gasteiger partial charge in [0.1, 0.15) is 0 Å². The number of hydrogen-bond acceptors (Lipinski definition) is 2. The van der Waals surface area contributed by atoms with Crippen LogP contribution in [0.15, 0.2) is 12.2 Å². The quantitative estimate of drug-likeness (QED) is 0.390. The minimum atomic E-state index is 0.281. The lowest BCUT2D eigenvalue weighted by Gasteiger charge is -2.36. The Morgan fingerprint density at radius 3 is 2.93 bits per heavy atom. The molecule has 3 rings (SSSR count). The van der Waals surface area contributed by atoms with Gasteiger partial charge in [-0.1, -0.05) is 18.1 Å². The second-order valence-electron chi connectivity index (χ2n) is 5.01. The predicted octanol–water partition coefficient (Wildman–Crippen LogP) is 1.43. The standard InChI is InChI=1S/C13H17NO/c1-2-7-14(9-12-10-15-12)13-5-3-11(8-13)4-6-13/h1,3,5,11-12H,4,6-10H2. The van der Waals surface area contributed by atoms with Crippen molar-refractivity contribution >= 4 is 0 Å². The van der Waals surface area contributed by atoms with Crippen LogP contribution < -0.4 is 0 Å². The molecule has 15 heavy (non-hydrogen) atoms. The zero-order valence-electron chi connectivity index (χ0n) is 8.98. The molecular weight excluding hydrogens is 186 g/mol. The predicted molar refractivity (Wildman–Crippen MR) is 59.4 cm³/mol. The Morgan fingerprint density at radius 1 is 1.60 bits per heavy atom. The van der Waals surface area contributed by atoms with Crippen LogP contribution in [0.25, 0.3) is 0 Å². The Balaban J connectivity index is 1.75. The zero-order chi connectivity index (χ0) is 10.3. The average molecular weight is 203 g/mol. The van der Waals surface area contributed by atoms with E-state index in [9.17, 15) is 0 Å². The highest BCUT2D eigenvalue weighted by molar-refractivity contribution is 5.22. The minimum Gasteiger partial charge on any atom is -0.372 e. The molecule has 2 heteroatoms. The molecule has 80 valence electrons. The van der Waals surface area contributed by atoms with E-state index in [2.05, 4.69) is 23.0 Å². The summed E-state index contributed by atoms with van der Waals surface area (Å²) in [5, 5.41) is 0. The van der Waals surface area contributed by atoms with Crippen molar-refractivity contribution in [1.82, 2.24) is 4.90 Å². The number of ether oxygens (including phenoxy) is 1. The summed E-state index contributed by atoms with van der Waals surface area (Å²) in [5.74, 6) is 3.60. The molecule has 0 aromatic carbocycles. The molecule has 0 N–H and O–H groups in total. The Labute approximate surface area is 91.3 Å². The maximum absolute atomic E-state index is 5.46. The lowest BCUT2D eigenvalue weighted by molar-refractivity contribution is 0.143. The number of allylic oxidation sites excluding steroid dienone is 1. The minimum absolute atomic E-state index is 0.281. The van der Waals surface area contributed by atoms with E-state index in [4.69, 9.17) is 11.2 Å². The van der Waals surface area contributed by atoms with Gasteiger partial charge in [0.25, 0.3) is 0 Å². The summed E-state index contributed by atoms with van der Waals surface area (Å²) in [4.78, 5) is 2.45. The molecule has 0 aromatic heterocycles. The van der Waals surface area contributed by atoms with Crippen molar-refractivity contribution in [1.29, 1.82) is 0 Å². The van der Waals surface area contributed by atoms with Crippen LogP contribution in [0.5, 0.6) is 0 Å². The van der Waals surface area contributed by atoms with Crippen molar-refractivity contribution < 1.29 is 4.74 Å². The third-order valence-corrected chi connectivity index (χ3v) is 3.98. The molecule has 0 amide bonds. The third kappa shape index (κ3) is 1.60. The highest BCUT2D eigenvalue weighted by Crippen LogP contribution is 2.46. The molecule has 0 radical (unpaired) electrons. The van der Waals surface area contributed by atoms with Gasteiger partial charge < -0.3 is 4.74 Å². The number of rotatable bonds is 4. The van der Waals surface area contributed by atoms with Gasteiger partial charge in [-0.05, 0) is 25.2 Å². The number of hydrogen-bond donors (Lipinski definition) is 0. The molecule has 3 atom stereocenters. The maximum Gasteiger partial charge on any atom is 0.0937 e. The van der Waals surface area contributed by atoms with Crippen LogP contribution in [0, 0.1) is 18.3 Å². The van der Waals surface area contributed by atoms with E-state index in [-0.39, 0.29) is 5.54 Å². The first-order valence-electron chi connectivity index (χ1n) is 5.82. The fourth-order valence-electron chi connectivity index (χ4n) is 3.05. The van der Waals surface area contributed by atoms with Gasteiger partial charge >= 0.3 is 0 Å². The highest BCUT2D eigenvalue weighted by atomic mass is 16.6. The van der Waals surface area contributed by atoms with E-state index in [1.54, 1.807) is 0 Å². The fraction of sp³-hybridized carbons (Fsp3) is 0.692. The van der Waals surface area contributed by atoms with E-state index < -0.39 is 0 Å². The van der Waals surface area contributed by atoms with E-state index in [1.165, 1.54) is 19.3 Å². The summed E-state index contributed by atoms with van der Waals surface area (Å²) in [7, 11) is 0. The van der Waals surface area contributed by atoms with Crippen LogP contribution in [-0.2, 0) is 4.74 Å². The van der Waals surface area contributed by atoms with Gasteiger partial charge in [-0.25, -0.2) is 0 Å². The van der Waals surface area contributed by atoms with Crippen LogP contribution in [0.1, 0.15) is 19.3 Å². The van der Waals surface area contributed by atoms with Gasteiger partial charge in [0, 0.05) is 12.1 Å². The molecule has 2 bridgehead atoms. The van der Waals surface area contributed by atoms with Crippen molar-refractivity contribution in [3.63, 3.8) is 0 Å². The van der Waals surface area contributed by atoms with Crippen LogP contribution >= 0.6 is 0 Å². The van der Waals surface area contributed by atoms with Gasteiger partial charge in [0.05, 0.1) is 19.3 Å². The number of nitrogens with zero attached hydrogens (tertiary/aromatic N) is 1. The fourth-order valence-corrected chi connectivity index (χ4v) is 3.05. The first-order chi connectivity index (χ1) is 7.32. The summed E-state index contributed by atoms with van der Waals surface area (Å²) in [5.41, 5.74) is 0.281. The molecule has 3 aliphatic rings. The summed E-state index contributed by atoms with van der Waals surface area (Å²) in [6.07, 6.45) is 14.6. The Hall–Kier alpha value is -0.780. The molecule has 0 spiro atoms. The van der Waals surface area contributed by atoms with Crippen molar-refractivity contribution in [3.8, 4) is 12.3 Å². The molecule has 1 saturated carbocycles. The molecule has 3 unspecified atom stereocenters. The lowest BCUT2D eigenvalue weighted by atomic mass is 9.96. The van der Waals surface area contributed by atoms with Crippen molar-refractivity contribution in [3.05, 3.63) is 12.2 Å². The number of fused-ring (bicyclic) bond motifs is 2. The summed E-state index contributed by atoms with van der Waals surface area (Å²) in [6, 6.07) is 0. The van der Waals surface area contributed by atoms with E-state index in [1.807, 2.05) is 0 Å². The number of epoxide rings is 1. The van der Waals surface area contributed by atoms with Crippen LogP contribution in [0.4, 0.5) is 0 Å². The van der Waals surface area contributed by atoms with Gasteiger partial charge in [-0.2, -0.15) is 0 Å². The normalized spacial score (nSPS) is 41.1. The third-order valence-electron chi connectivity index (χ3n) is 3.98. The van der Waals surface area contributed by atoms with Gasteiger partial charge in [0.15, 0.2) is 0 Å². The average Bonchev–Trinajstić information content (AvgIpc) is 2.85. The molecule has 0 aromatic rings. The van der Waals surface area contributed by atoms with Gasteiger partial charge in [-0.15, -0.1) is 6.42 Å². The molecular formula is C13H17NO. The molecule has 1 heterocycles. The van der Waals surface area contributed by atoms with Gasteiger partial charge in [-0.3, -0.25) is 4.90 Å². The van der Waals surface area contributed by atoms with E-state index in [0.29, 0.717) is 6.10 Å². The lowest BCUT2D eigenvalue weighted by Crippen LogP contribution is -2.46. The first-order valence-corrected chi connectivity index (χ1v) is 5.82. The second kappa shape index (κ2) is 3.37. The molecule has 1 saturated heterocycles. The molecule has 2 aliphatic carbocycles. The summed E-state index contributed by atoms with van der Waals surface area (Å²) < 4.78 is 5.31. The molecule has 2 fully saturated rings. The monoisotopic (exact) mass is 203 g/mol. The number of terminal acetylenes is 1. The van der Waals surface area contributed by atoms with Gasteiger partial charge in [0.2, 0.25) is 0 Å². The molecule has 1 aliphatic heterocycles. The summed E-state index contributed by atoms with van der Waals surface area (Å²) >= 11 is 0. The Kier molecular flexibility index (Phi) is 2.12. The second-order valence-corrected chi connectivity index (χ2v) is 5.01. The summed E-state index contributed by atoms with van der Waals surface area (Å²) in [6.45, 7) is 2.70. The van der Waals surface area contributed by atoms with Crippen LogP contribution in [-0.4, -0.2) is 36.2 Å². The molecule has 2 nitrogen and oxygen atoms in total. The SMILES string of the molecule is C#CCN(CC1CO1)C12C=CC(CC1)C2. The zero-order valence-corrected chi connectivity index (χ0v) is 8.98. The first kappa shape index (κ1) is 9.45. The van der Waals surface area contributed by atoms with Crippen molar-refractivity contribution in [2.45, 2.75) is 30.9 Å². The topological polar surface area (TPSA) is 15.8 Å². The largest absolute Gasteiger partial charge is 0.372 e. The Bertz CT molecular complexity index is 326. The highest BCUT2D eigenvalue weighted by Gasteiger charge is 2.46. The smallest absolute Gasteiger partial charge is 0.0937 e. The van der Waals surface area contributed by atoms with Crippen molar-refractivity contribution in [2.75, 3.05) is 19.7 Å². The van der Waals surface area contributed by atoms with Crippen molar-refractivity contribution in [2.24, 2.45) is 5.92 Å². The Morgan fingerprint density at radius 2 is 2.47 bits per heavy atom. The maximum atomic E-state index is 5.46. The van der Waals surface area contributed by atoms with E-state index in [0.717, 1.165) is 25.6 Å². The van der Waals surface area contributed by atoms with E-state index >= 15 is 0 Å². The van der Waals surface area contributed by atoms with Crippen LogP contribution in [0.2, 0.25) is 0 Å². The van der Waals surface area contributed by atoms with Crippen LogP contribution in [0.3, 0.4) is 0 Å².